The van der Waals surface area contributed by atoms with Crippen molar-refractivity contribution in [1.29, 1.82) is 0 Å². The Kier molecular flexibility index (Phi) is 3.14. The van der Waals surface area contributed by atoms with Crippen LogP contribution < -0.4 is 0 Å². The summed E-state index contributed by atoms with van der Waals surface area (Å²) in [6, 6.07) is 9.04. The monoisotopic (exact) mass is 248 g/mol. The number of hydrogen-bond donors (Lipinski definition) is 1. The van der Waals surface area contributed by atoms with Crippen molar-refractivity contribution in [1.82, 2.24) is 9.55 Å². The van der Waals surface area contributed by atoms with Crippen LogP contribution in [0.5, 0.6) is 0 Å². The second-order valence-corrected chi connectivity index (χ2v) is 4.06. The molecular formula is C13H13FN2O2. The molecule has 4 nitrogen and oxygen atoms in total. The highest BCUT2D eigenvalue weighted by atomic mass is 19.1. The van der Waals surface area contributed by atoms with Gasteiger partial charge in [-0.05, 0) is 19.4 Å². The Labute approximate surface area is 104 Å². The fourth-order valence-electron chi connectivity index (χ4n) is 2.06. The second kappa shape index (κ2) is 4.60. The van der Waals surface area contributed by atoms with E-state index in [2.05, 4.69) is 4.98 Å². The topological polar surface area (TPSA) is 55.1 Å². The van der Waals surface area contributed by atoms with E-state index in [0.717, 1.165) is 5.56 Å². The largest absolute Gasteiger partial charge is 0.476 e. The van der Waals surface area contributed by atoms with Crippen LogP contribution >= 0.6 is 0 Å². The van der Waals surface area contributed by atoms with Crippen molar-refractivity contribution >= 4 is 5.97 Å². The van der Waals surface area contributed by atoms with Gasteiger partial charge in [0.05, 0.1) is 6.04 Å². The van der Waals surface area contributed by atoms with Crippen molar-refractivity contribution in [3.63, 3.8) is 0 Å². The number of halogens is 1. The van der Waals surface area contributed by atoms with Gasteiger partial charge in [-0.15, -0.1) is 0 Å². The maximum absolute atomic E-state index is 13.5. The zero-order valence-electron chi connectivity index (χ0n) is 10.1. The Morgan fingerprint density at radius 1 is 1.39 bits per heavy atom. The highest BCUT2D eigenvalue weighted by molar-refractivity contribution is 5.86. The normalized spacial score (nSPS) is 12.4. The first-order valence-electron chi connectivity index (χ1n) is 5.55. The molecule has 0 bridgehead atoms. The maximum atomic E-state index is 13.5. The Morgan fingerprint density at radius 3 is 2.56 bits per heavy atom. The molecule has 1 heterocycles. The van der Waals surface area contributed by atoms with Gasteiger partial charge in [0.2, 0.25) is 5.95 Å². The number of imidazole rings is 1. The molecule has 0 aliphatic carbocycles. The van der Waals surface area contributed by atoms with Crippen LogP contribution in [-0.4, -0.2) is 20.6 Å². The van der Waals surface area contributed by atoms with Crippen LogP contribution in [-0.2, 0) is 0 Å². The Balaban J connectivity index is 2.55. The zero-order valence-corrected chi connectivity index (χ0v) is 10.1. The average molecular weight is 248 g/mol. The second-order valence-electron chi connectivity index (χ2n) is 4.06. The summed E-state index contributed by atoms with van der Waals surface area (Å²) >= 11 is 0. The number of benzene rings is 1. The average Bonchev–Trinajstić information content (AvgIpc) is 2.64. The van der Waals surface area contributed by atoms with Gasteiger partial charge in [0, 0.05) is 0 Å². The first-order valence-corrected chi connectivity index (χ1v) is 5.55. The van der Waals surface area contributed by atoms with Gasteiger partial charge in [0.1, 0.15) is 5.82 Å². The molecule has 1 N–H and O–H groups in total. The van der Waals surface area contributed by atoms with Crippen molar-refractivity contribution in [2.75, 3.05) is 0 Å². The molecule has 0 saturated heterocycles. The van der Waals surface area contributed by atoms with Gasteiger partial charge < -0.3 is 9.67 Å². The summed E-state index contributed by atoms with van der Waals surface area (Å²) in [4.78, 5) is 14.7. The van der Waals surface area contributed by atoms with Gasteiger partial charge in [0.15, 0.2) is 5.69 Å². The third-order valence-electron chi connectivity index (χ3n) is 2.92. The number of rotatable bonds is 3. The SMILES string of the molecule is Cc1nc(F)c(C(=O)O)n1C(C)c1ccccc1. The molecule has 1 aromatic heterocycles. The van der Waals surface area contributed by atoms with Crippen LogP contribution in [0.4, 0.5) is 4.39 Å². The molecule has 94 valence electrons. The molecule has 0 aliphatic heterocycles. The molecule has 2 rings (SSSR count). The van der Waals surface area contributed by atoms with Gasteiger partial charge in [-0.25, -0.2) is 9.78 Å². The number of nitrogens with zero attached hydrogens (tertiary/aromatic N) is 2. The third kappa shape index (κ3) is 1.99. The first kappa shape index (κ1) is 12.3. The van der Waals surface area contributed by atoms with E-state index < -0.39 is 17.6 Å². The third-order valence-corrected chi connectivity index (χ3v) is 2.92. The number of aryl methyl sites for hydroxylation is 1. The fourth-order valence-corrected chi connectivity index (χ4v) is 2.06. The van der Waals surface area contributed by atoms with Gasteiger partial charge in [0.25, 0.3) is 0 Å². The molecule has 0 saturated carbocycles. The number of aromatic nitrogens is 2. The van der Waals surface area contributed by atoms with E-state index in [4.69, 9.17) is 5.11 Å². The Hall–Kier alpha value is -2.17. The van der Waals surface area contributed by atoms with Crippen LogP contribution in [0, 0.1) is 12.9 Å². The lowest BCUT2D eigenvalue weighted by Gasteiger charge is -2.17. The van der Waals surface area contributed by atoms with Crippen LogP contribution in [0.15, 0.2) is 30.3 Å². The summed E-state index contributed by atoms with van der Waals surface area (Å²) in [5, 5.41) is 9.05. The minimum Gasteiger partial charge on any atom is -0.476 e. The molecule has 5 heteroatoms. The van der Waals surface area contributed by atoms with E-state index in [-0.39, 0.29) is 6.04 Å². The van der Waals surface area contributed by atoms with Crippen LogP contribution in [0.3, 0.4) is 0 Å². The number of carboxylic acids is 1. The summed E-state index contributed by atoms with van der Waals surface area (Å²) in [5.74, 6) is -1.90. The van der Waals surface area contributed by atoms with Crippen LogP contribution in [0.1, 0.15) is 34.8 Å². The summed E-state index contributed by atoms with van der Waals surface area (Å²) in [5.41, 5.74) is 0.504. The van der Waals surface area contributed by atoms with Crippen molar-refractivity contribution < 1.29 is 14.3 Å². The quantitative estimate of drug-likeness (QED) is 0.908. The first-order chi connectivity index (χ1) is 8.52. The number of carboxylic acid groups (broad SMARTS) is 1. The lowest BCUT2D eigenvalue weighted by atomic mass is 10.1. The molecule has 0 aliphatic rings. The molecule has 0 fully saturated rings. The van der Waals surface area contributed by atoms with E-state index in [9.17, 15) is 9.18 Å². The molecule has 1 aromatic carbocycles. The molecule has 1 atom stereocenters. The van der Waals surface area contributed by atoms with Gasteiger partial charge >= 0.3 is 5.97 Å². The van der Waals surface area contributed by atoms with Crippen molar-refractivity contribution in [3.8, 4) is 0 Å². The van der Waals surface area contributed by atoms with E-state index in [1.165, 1.54) is 4.57 Å². The highest BCUT2D eigenvalue weighted by Gasteiger charge is 2.24. The number of hydrogen-bond acceptors (Lipinski definition) is 2. The van der Waals surface area contributed by atoms with E-state index in [1.807, 2.05) is 37.3 Å². The zero-order chi connectivity index (χ0) is 13.3. The molecule has 1 unspecified atom stereocenters. The van der Waals surface area contributed by atoms with Gasteiger partial charge in [-0.2, -0.15) is 4.39 Å². The minimum absolute atomic E-state index is 0.283. The van der Waals surface area contributed by atoms with Gasteiger partial charge in [-0.3, -0.25) is 0 Å². The minimum atomic E-state index is -1.31. The molecular weight excluding hydrogens is 235 g/mol. The molecule has 18 heavy (non-hydrogen) atoms. The van der Waals surface area contributed by atoms with Crippen molar-refractivity contribution in [3.05, 3.63) is 53.4 Å². The van der Waals surface area contributed by atoms with Crippen LogP contribution in [0.2, 0.25) is 0 Å². The summed E-state index contributed by atoms with van der Waals surface area (Å²) in [6.45, 7) is 3.41. The lowest BCUT2D eigenvalue weighted by molar-refractivity contribution is 0.0678. The van der Waals surface area contributed by atoms with E-state index in [1.54, 1.807) is 6.92 Å². The Bertz CT molecular complexity index is 578. The van der Waals surface area contributed by atoms with Crippen LogP contribution in [0.25, 0.3) is 0 Å². The molecule has 2 aromatic rings. The predicted octanol–water partition coefficient (Wildman–Crippen LogP) is 2.64. The van der Waals surface area contributed by atoms with Crippen molar-refractivity contribution in [2.45, 2.75) is 19.9 Å². The molecule has 0 amide bonds. The summed E-state index contributed by atoms with van der Waals surface area (Å²) in [6.07, 6.45) is 0. The fraction of sp³-hybridized carbons (Fsp3) is 0.231. The van der Waals surface area contributed by atoms with E-state index >= 15 is 0 Å². The van der Waals surface area contributed by atoms with Crippen molar-refractivity contribution in [2.24, 2.45) is 0 Å². The highest BCUT2D eigenvalue weighted by Crippen LogP contribution is 2.23. The molecule has 0 spiro atoms. The smallest absolute Gasteiger partial charge is 0.357 e. The standard InChI is InChI=1S/C13H13FN2O2/c1-8(10-6-4-3-5-7-10)16-9(2)15-12(14)11(16)13(17)18/h3-8H,1-2H3,(H,17,18). The Morgan fingerprint density at radius 2 is 2.00 bits per heavy atom. The van der Waals surface area contributed by atoms with E-state index in [0.29, 0.717) is 5.82 Å². The molecule has 0 radical (unpaired) electrons. The maximum Gasteiger partial charge on any atom is 0.357 e. The predicted molar refractivity (Wildman–Crippen MR) is 64.1 cm³/mol. The number of aromatic carboxylic acids is 1. The van der Waals surface area contributed by atoms with Gasteiger partial charge in [-0.1, -0.05) is 30.3 Å². The lowest BCUT2D eigenvalue weighted by Crippen LogP contribution is -2.16. The number of carbonyl (C=O) groups is 1. The summed E-state index contributed by atoms with van der Waals surface area (Å²) in [7, 11) is 0. The summed E-state index contributed by atoms with van der Waals surface area (Å²) < 4.78 is 14.9.